The zero-order chi connectivity index (χ0) is 29.1. The first-order valence-electron chi connectivity index (χ1n) is 14.0. The lowest BCUT2D eigenvalue weighted by atomic mass is 10.0. The number of nitrogens with one attached hydrogen (secondary N) is 3. The molecule has 1 unspecified atom stereocenters. The van der Waals surface area contributed by atoms with Crippen LogP contribution in [0.4, 0.5) is 5.69 Å². The molecule has 5 N–H and O–H groups in total. The number of amidine groups is 1. The molecule has 0 aliphatic rings. The lowest BCUT2D eigenvalue weighted by Gasteiger charge is -2.29. The minimum atomic E-state index is 0.0634. The lowest BCUT2D eigenvalue weighted by molar-refractivity contribution is 0.517. The van der Waals surface area contributed by atoms with E-state index in [0.717, 1.165) is 48.5 Å². The zero-order valence-corrected chi connectivity index (χ0v) is 24.3. The molecule has 2 atom stereocenters. The van der Waals surface area contributed by atoms with E-state index >= 15 is 0 Å². The molecule has 3 rings (SSSR count). The van der Waals surface area contributed by atoms with Crippen molar-refractivity contribution in [1.29, 1.82) is 5.41 Å². The van der Waals surface area contributed by atoms with Crippen LogP contribution in [0.1, 0.15) is 55.4 Å². The maximum Gasteiger partial charge on any atom is 0.122 e. The van der Waals surface area contributed by atoms with Crippen LogP contribution in [0.3, 0.4) is 0 Å². The summed E-state index contributed by atoms with van der Waals surface area (Å²) in [5, 5.41) is 14.9. The Morgan fingerprint density at radius 3 is 2.20 bits per heavy atom. The highest BCUT2D eigenvalue weighted by Gasteiger charge is 2.16. The number of allylic oxidation sites excluding steroid dienone is 2. The molecular weight excluding hydrogens is 490 g/mol. The molecule has 0 saturated heterocycles. The third-order valence-electron chi connectivity index (χ3n) is 7.03. The normalized spacial score (nSPS) is 12.2. The van der Waals surface area contributed by atoms with Gasteiger partial charge in [0.2, 0.25) is 0 Å². The van der Waals surface area contributed by atoms with Gasteiger partial charge in [-0.1, -0.05) is 86.8 Å². The second kappa shape index (κ2) is 14.8. The van der Waals surface area contributed by atoms with E-state index in [0.29, 0.717) is 12.1 Å². The smallest absolute Gasteiger partial charge is 0.122 e. The van der Waals surface area contributed by atoms with Gasteiger partial charge in [-0.3, -0.25) is 5.41 Å². The molecule has 0 spiro atoms. The van der Waals surface area contributed by atoms with E-state index in [9.17, 15) is 0 Å². The molecule has 0 amide bonds. The molecule has 0 bridgehead atoms. The highest BCUT2D eigenvalue weighted by atomic mass is 15.1. The first-order chi connectivity index (χ1) is 19.2. The fourth-order valence-corrected chi connectivity index (χ4v) is 4.82. The van der Waals surface area contributed by atoms with Crippen LogP contribution in [0.5, 0.6) is 0 Å². The number of nitrogens with two attached hydrogens (primary N) is 1. The maximum atomic E-state index is 7.71. The van der Waals surface area contributed by atoms with Crippen LogP contribution >= 0.6 is 0 Å². The van der Waals surface area contributed by atoms with Crippen LogP contribution in [0.2, 0.25) is 0 Å². The van der Waals surface area contributed by atoms with Crippen molar-refractivity contribution in [2.24, 2.45) is 5.73 Å². The SMILES string of the molecule is C=C(CCC(=C)N(Cc1ccccc1)c1ccc(C(=N)N)cc1)NC(CC)C(=C)N[C@H](C)Cc1cccc(C)c1. The van der Waals surface area contributed by atoms with E-state index in [-0.39, 0.29) is 17.9 Å². The molecule has 40 heavy (non-hydrogen) atoms. The van der Waals surface area contributed by atoms with Crippen molar-refractivity contribution in [2.75, 3.05) is 4.90 Å². The van der Waals surface area contributed by atoms with Gasteiger partial charge in [0.05, 0.1) is 6.04 Å². The van der Waals surface area contributed by atoms with Gasteiger partial charge >= 0.3 is 0 Å². The molecule has 3 aromatic carbocycles. The number of benzene rings is 3. The number of anilines is 1. The molecule has 0 heterocycles. The van der Waals surface area contributed by atoms with Gasteiger partial charge in [-0.15, -0.1) is 0 Å². The molecular formula is C35H45N5. The van der Waals surface area contributed by atoms with Crippen molar-refractivity contribution < 1.29 is 0 Å². The Labute approximate surface area is 241 Å². The van der Waals surface area contributed by atoms with E-state index < -0.39 is 0 Å². The molecule has 210 valence electrons. The summed E-state index contributed by atoms with van der Waals surface area (Å²) in [7, 11) is 0. The van der Waals surface area contributed by atoms with Gasteiger partial charge in [0.25, 0.3) is 0 Å². The fourth-order valence-electron chi connectivity index (χ4n) is 4.82. The average Bonchev–Trinajstić information content (AvgIpc) is 2.93. The molecule has 5 nitrogen and oxygen atoms in total. The Kier molecular flexibility index (Phi) is 11.2. The molecule has 0 fully saturated rings. The van der Waals surface area contributed by atoms with Gasteiger partial charge in [-0.05, 0) is 74.9 Å². The zero-order valence-electron chi connectivity index (χ0n) is 24.3. The standard InChI is InChI=1S/C35H45N5/c1-7-34(29(6)38-27(4)23-31-15-11-12-25(2)22-31)39-26(3)16-17-28(5)40(24-30-13-9-8-10-14-30)33-20-18-32(19-21-33)35(36)37/h8-15,18-22,27,34,38-39H,3,5-7,16-17,23-24H2,1-2,4H3,(H3,36,37)/t27-,34?/m1/s1. The Morgan fingerprint density at radius 2 is 1.57 bits per heavy atom. The van der Waals surface area contributed by atoms with Crippen LogP contribution in [0.25, 0.3) is 0 Å². The number of nitrogens with zero attached hydrogens (tertiary/aromatic N) is 1. The van der Waals surface area contributed by atoms with Gasteiger partial charge < -0.3 is 21.3 Å². The van der Waals surface area contributed by atoms with E-state index in [1.807, 2.05) is 30.3 Å². The van der Waals surface area contributed by atoms with Crippen LogP contribution in [-0.4, -0.2) is 17.9 Å². The fraction of sp³-hybridized carbons (Fsp3) is 0.286. The number of aryl methyl sites for hydroxylation is 1. The van der Waals surface area contributed by atoms with Crippen LogP contribution in [0, 0.1) is 12.3 Å². The second-order valence-corrected chi connectivity index (χ2v) is 10.6. The van der Waals surface area contributed by atoms with E-state index in [1.54, 1.807) is 0 Å². The van der Waals surface area contributed by atoms with Crippen molar-refractivity contribution in [3.05, 3.63) is 138 Å². The average molecular weight is 536 g/mol. The quantitative estimate of drug-likeness (QED) is 0.116. The topological polar surface area (TPSA) is 77.2 Å². The van der Waals surface area contributed by atoms with E-state index in [2.05, 4.69) is 105 Å². The Balaban J connectivity index is 1.58. The summed E-state index contributed by atoms with van der Waals surface area (Å²) in [6, 6.07) is 27.2. The summed E-state index contributed by atoms with van der Waals surface area (Å²) in [5.41, 5.74) is 14.2. The van der Waals surface area contributed by atoms with Gasteiger partial charge in [-0.2, -0.15) is 0 Å². The molecule has 0 radical (unpaired) electrons. The highest BCUT2D eigenvalue weighted by Crippen LogP contribution is 2.25. The number of nitrogen functional groups attached to an aromatic ring is 1. The van der Waals surface area contributed by atoms with Crippen molar-refractivity contribution >= 4 is 11.5 Å². The summed E-state index contributed by atoms with van der Waals surface area (Å²) >= 11 is 0. The summed E-state index contributed by atoms with van der Waals surface area (Å²) < 4.78 is 0. The molecule has 3 aromatic rings. The van der Waals surface area contributed by atoms with Crippen LogP contribution in [-0.2, 0) is 13.0 Å². The summed E-state index contributed by atoms with van der Waals surface area (Å²) in [6.07, 6.45) is 3.37. The number of hydrogen-bond acceptors (Lipinski definition) is 4. The molecule has 0 aliphatic carbocycles. The summed E-state index contributed by atoms with van der Waals surface area (Å²) in [6.45, 7) is 20.3. The third-order valence-corrected chi connectivity index (χ3v) is 7.03. The number of hydrogen-bond donors (Lipinski definition) is 4. The van der Waals surface area contributed by atoms with E-state index in [1.165, 1.54) is 16.7 Å². The van der Waals surface area contributed by atoms with Crippen molar-refractivity contribution in [3.63, 3.8) is 0 Å². The minimum absolute atomic E-state index is 0.0634. The largest absolute Gasteiger partial charge is 0.384 e. The Bertz CT molecular complexity index is 1290. The minimum Gasteiger partial charge on any atom is -0.384 e. The van der Waals surface area contributed by atoms with Gasteiger partial charge in [0, 0.05) is 40.9 Å². The third kappa shape index (κ3) is 9.19. The Morgan fingerprint density at radius 1 is 0.900 bits per heavy atom. The molecule has 5 heteroatoms. The molecule has 0 aromatic heterocycles. The van der Waals surface area contributed by atoms with Crippen LogP contribution < -0.4 is 21.3 Å². The summed E-state index contributed by atoms with van der Waals surface area (Å²) in [4.78, 5) is 2.22. The van der Waals surface area contributed by atoms with Crippen molar-refractivity contribution in [2.45, 2.75) is 65.1 Å². The summed E-state index contributed by atoms with van der Waals surface area (Å²) in [5.74, 6) is 0.0634. The highest BCUT2D eigenvalue weighted by molar-refractivity contribution is 5.95. The first-order valence-corrected chi connectivity index (χ1v) is 14.0. The Hall–Kier alpha value is -4.25. The maximum absolute atomic E-state index is 7.71. The molecule has 0 aliphatic heterocycles. The predicted molar refractivity (Wildman–Crippen MR) is 171 cm³/mol. The van der Waals surface area contributed by atoms with E-state index in [4.69, 9.17) is 11.1 Å². The van der Waals surface area contributed by atoms with Crippen molar-refractivity contribution in [1.82, 2.24) is 10.6 Å². The second-order valence-electron chi connectivity index (χ2n) is 10.6. The van der Waals surface area contributed by atoms with Gasteiger partial charge in [0.1, 0.15) is 5.84 Å². The predicted octanol–water partition coefficient (Wildman–Crippen LogP) is 7.20. The molecule has 0 saturated carbocycles. The first kappa shape index (κ1) is 30.3. The van der Waals surface area contributed by atoms with Gasteiger partial charge in [0.15, 0.2) is 0 Å². The lowest BCUT2D eigenvalue weighted by Crippen LogP contribution is -2.39. The monoisotopic (exact) mass is 535 g/mol. The number of rotatable bonds is 16. The van der Waals surface area contributed by atoms with Crippen molar-refractivity contribution in [3.8, 4) is 0 Å². The van der Waals surface area contributed by atoms with Crippen LogP contribution in [0.15, 0.2) is 116 Å². The van der Waals surface area contributed by atoms with Gasteiger partial charge in [-0.25, -0.2) is 0 Å².